The minimum absolute atomic E-state index is 1.13. The second kappa shape index (κ2) is 11.5. The van der Waals surface area contributed by atoms with Crippen molar-refractivity contribution in [2.24, 2.45) is 0 Å². The van der Waals surface area contributed by atoms with Crippen molar-refractivity contribution in [2.75, 3.05) is 4.90 Å². The van der Waals surface area contributed by atoms with E-state index in [4.69, 9.17) is 0 Å². The molecule has 0 amide bonds. The van der Waals surface area contributed by atoms with E-state index in [1.165, 1.54) is 73.4 Å². The van der Waals surface area contributed by atoms with Gasteiger partial charge in [0.2, 0.25) is 0 Å². The van der Waals surface area contributed by atoms with Crippen LogP contribution in [0, 0.1) is 0 Å². The summed E-state index contributed by atoms with van der Waals surface area (Å²) >= 11 is 3.75. The summed E-state index contributed by atoms with van der Waals surface area (Å²) in [6, 6.07) is 64.6. The highest BCUT2D eigenvalue weighted by atomic mass is 32.1. The lowest BCUT2D eigenvalue weighted by atomic mass is 9.96. The summed E-state index contributed by atoms with van der Waals surface area (Å²) in [5, 5.41) is 7.71. The molecule has 0 aliphatic rings. The van der Waals surface area contributed by atoms with Gasteiger partial charge in [-0.15, -0.1) is 22.7 Å². The van der Waals surface area contributed by atoms with Crippen LogP contribution in [-0.2, 0) is 0 Å². The summed E-state index contributed by atoms with van der Waals surface area (Å²) in [6.07, 6.45) is 0. The zero-order valence-electron chi connectivity index (χ0n) is 26.5. The van der Waals surface area contributed by atoms with E-state index in [9.17, 15) is 0 Å². The Morgan fingerprint density at radius 3 is 1.82 bits per heavy atom. The molecule has 0 bridgehead atoms. The minimum Gasteiger partial charge on any atom is -0.310 e. The third-order valence-electron chi connectivity index (χ3n) is 9.61. The van der Waals surface area contributed by atoms with E-state index in [0.29, 0.717) is 0 Å². The van der Waals surface area contributed by atoms with E-state index in [1.807, 2.05) is 22.7 Å². The normalized spacial score (nSPS) is 11.7. The van der Waals surface area contributed by atoms with Gasteiger partial charge in [-0.25, -0.2) is 0 Å². The summed E-state index contributed by atoms with van der Waals surface area (Å²) in [5.74, 6) is 0. The Morgan fingerprint density at radius 1 is 0.327 bits per heavy atom. The minimum atomic E-state index is 1.13. The van der Waals surface area contributed by atoms with Gasteiger partial charge in [0.15, 0.2) is 0 Å². The first kappa shape index (κ1) is 28.3. The molecule has 230 valence electrons. The molecule has 0 spiro atoms. The fraction of sp³-hybridized carbons (Fsp3) is 0. The van der Waals surface area contributed by atoms with Crippen molar-refractivity contribution in [2.45, 2.75) is 0 Å². The van der Waals surface area contributed by atoms with Crippen LogP contribution in [0.25, 0.3) is 73.4 Å². The summed E-state index contributed by atoms with van der Waals surface area (Å²) in [6.45, 7) is 0. The molecule has 3 heteroatoms. The van der Waals surface area contributed by atoms with Gasteiger partial charge in [0.05, 0.1) is 0 Å². The van der Waals surface area contributed by atoms with Crippen LogP contribution in [0.2, 0.25) is 0 Å². The van der Waals surface area contributed by atoms with Crippen molar-refractivity contribution in [3.8, 4) is 22.3 Å². The molecule has 0 atom stereocenters. The number of fused-ring (bicyclic) bond motifs is 7. The molecule has 0 unspecified atom stereocenters. The molecule has 8 aromatic carbocycles. The number of benzene rings is 8. The van der Waals surface area contributed by atoms with Crippen molar-refractivity contribution in [3.05, 3.63) is 176 Å². The third kappa shape index (κ3) is 4.82. The number of hydrogen-bond acceptors (Lipinski definition) is 3. The average molecular weight is 660 g/mol. The molecular formula is C46H29NS2. The zero-order valence-corrected chi connectivity index (χ0v) is 28.1. The first-order valence-electron chi connectivity index (χ1n) is 16.6. The van der Waals surface area contributed by atoms with E-state index in [2.05, 4.69) is 181 Å². The molecule has 10 aromatic rings. The first-order chi connectivity index (χ1) is 24.3. The SMILES string of the molecule is c1ccc(-c2cc(-c3cccc4c3sc3ccccc34)cc(N(c3ccc4ccccc4c3)c3ccc4c(c3)sc3ccccc34)c2)cc1. The van der Waals surface area contributed by atoms with Crippen molar-refractivity contribution in [1.82, 2.24) is 0 Å². The van der Waals surface area contributed by atoms with Crippen LogP contribution in [-0.4, -0.2) is 0 Å². The Hall–Kier alpha value is -5.74. The monoisotopic (exact) mass is 659 g/mol. The number of nitrogens with zero attached hydrogens (tertiary/aromatic N) is 1. The second-order valence-electron chi connectivity index (χ2n) is 12.6. The zero-order chi connectivity index (χ0) is 32.3. The molecule has 0 aliphatic carbocycles. The Bertz CT molecular complexity index is 2840. The summed E-state index contributed by atoms with van der Waals surface area (Å²) in [7, 11) is 0. The van der Waals surface area contributed by atoms with E-state index in [-0.39, 0.29) is 0 Å². The maximum atomic E-state index is 2.44. The Morgan fingerprint density at radius 2 is 0.959 bits per heavy atom. The molecule has 0 saturated carbocycles. The van der Waals surface area contributed by atoms with E-state index < -0.39 is 0 Å². The first-order valence-corrected chi connectivity index (χ1v) is 18.2. The molecular weight excluding hydrogens is 631 g/mol. The summed E-state index contributed by atoms with van der Waals surface area (Å²) in [4.78, 5) is 2.44. The van der Waals surface area contributed by atoms with Gasteiger partial charge in [-0.2, -0.15) is 0 Å². The number of thiophene rings is 2. The van der Waals surface area contributed by atoms with Gasteiger partial charge in [0.1, 0.15) is 0 Å². The Labute approximate surface area is 292 Å². The highest BCUT2D eigenvalue weighted by Crippen LogP contribution is 2.45. The van der Waals surface area contributed by atoms with Crippen molar-refractivity contribution < 1.29 is 0 Å². The molecule has 2 aromatic heterocycles. The molecule has 0 aliphatic heterocycles. The van der Waals surface area contributed by atoms with Crippen LogP contribution < -0.4 is 4.90 Å². The van der Waals surface area contributed by atoms with Gasteiger partial charge in [-0.3, -0.25) is 0 Å². The van der Waals surface area contributed by atoms with Crippen LogP contribution in [0.4, 0.5) is 17.1 Å². The van der Waals surface area contributed by atoms with E-state index in [1.54, 1.807) is 0 Å². The fourth-order valence-electron chi connectivity index (χ4n) is 7.28. The maximum Gasteiger partial charge on any atom is 0.0476 e. The summed E-state index contributed by atoms with van der Waals surface area (Å²) < 4.78 is 5.25. The lowest BCUT2D eigenvalue weighted by Gasteiger charge is -2.27. The average Bonchev–Trinajstić information content (AvgIpc) is 3.73. The van der Waals surface area contributed by atoms with E-state index >= 15 is 0 Å². The topological polar surface area (TPSA) is 3.24 Å². The second-order valence-corrected chi connectivity index (χ2v) is 14.7. The fourth-order valence-corrected chi connectivity index (χ4v) is 9.66. The molecule has 0 fully saturated rings. The van der Waals surface area contributed by atoms with Gasteiger partial charge < -0.3 is 4.90 Å². The molecule has 0 N–H and O–H groups in total. The maximum absolute atomic E-state index is 2.44. The molecule has 2 heterocycles. The van der Waals surface area contributed by atoms with Crippen molar-refractivity contribution in [1.29, 1.82) is 0 Å². The molecule has 1 nitrogen and oxygen atoms in total. The predicted molar refractivity (Wildman–Crippen MR) is 215 cm³/mol. The highest BCUT2D eigenvalue weighted by Gasteiger charge is 2.19. The van der Waals surface area contributed by atoms with Crippen LogP contribution in [0.15, 0.2) is 176 Å². The van der Waals surface area contributed by atoms with Gasteiger partial charge >= 0.3 is 0 Å². The van der Waals surface area contributed by atoms with Crippen molar-refractivity contribution in [3.63, 3.8) is 0 Å². The third-order valence-corrected chi connectivity index (χ3v) is 12.0. The predicted octanol–water partition coefficient (Wildman–Crippen LogP) is 14.4. The number of hydrogen-bond donors (Lipinski definition) is 0. The lowest BCUT2D eigenvalue weighted by Crippen LogP contribution is -2.10. The van der Waals surface area contributed by atoms with Crippen molar-refractivity contribution >= 4 is 90.9 Å². The van der Waals surface area contributed by atoms with E-state index in [0.717, 1.165) is 17.1 Å². The van der Waals surface area contributed by atoms with Crippen LogP contribution in [0.3, 0.4) is 0 Å². The Kier molecular flexibility index (Phi) is 6.61. The standard InChI is InChI=1S/C46H29NS2/c1-2-11-30(12-3-1)33-25-34(38-17-10-18-42-40-16-7-9-20-44(40)49-46(38)42)28-37(27-33)47(35-22-21-31-13-4-5-14-32(31)26-35)36-23-24-41-39-15-6-8-19-43(39)48-45(41)29-36/h1-29H. The van der Waals surface area contributed by atoms with Crippen LogP contribution >= 0.6 is 22.7 Å². The quantitative estimate of drug-likeness (QED) is 0.178. The lowest BCUT2D eigenvalue weighted by molar-refractivity contribution is 1.30. The van der Waals surface area contributed by atoms with Gasteiger partial charge in [-0.05, 0) is 87.6 Å². The molecule has 0 radical (unpaired) electrons. The summed E-state index contributed by atoms with van der Waals surface area (Å²) in [5.41, 5.74) is 8.28. The number of rotatable bonds is 5. The molecule has 49 heavy (non-hydrogen) atoms. The van der Waals surface area contributed by atoms with Crippen LogP contribution in [0.5, 0.6) is 0 Å². The van der Waals surface area contributed by atoms with Gasteiger partial charge in [0, 0.05) is 57.4 Å². The van der Waals surface area contributed by atoms with Gasteiger partial charge in [0.25, 0.3) is 0 Å². The molecule has 0 saturated heterocycles. The van der Waals surface area contributed by atoms with Gasteiger partial charge in [-0.1, -0.05) is 121 Å². The molecule has 10 rings (SSSR count). The Balaban J connectivity index is 1.25. The smallest absolute Gasteiger partial charge is 0.0476 e. The highest BCUT2D eigenvalue weighted by molar-refractivity contribution is 7.26. The largest absolute Gasteiger partial charge is 0.310 e. The number of anilines is 3. The van der Waals surface area contributed by atoms with Crippen LogP contribution in [0.1, 0.15) is 0 Å².